The number of likely N-dealkylation sites (tertiary alicyclic amines) is 1. The highest BCUT2D eigenvalue weighted by Gasteiger charge is 2.50. The largest absolute Gasteiger partial charge is 0.295 e. The van der Waals surface area contributed by atoms with Gasteiger partial charge in [0.15, 0.2) is 0 Å². The van der Waals surface area contributed by atoms with Gasteiger partial charge in [-0.2, -0.15) is 0 Å². The number of hydrogen-bond acceptors (Lipinski definition) is 1. The Labute approximate surface area is 108 Å². The van der Waals surface area contributed by atoms with Crippen LogP contribution in [-0.4, -0.2) is 23.0 Å². The quantitative estimate of drug-likeness (QED) is 0.650. The van der Waals surface area contributed by atoms with E-state index < -0.39 is 0 Å². The van der Waals surface area contributed by atoms with Gasteiger partial charge in [0.05, 0.1) is 0 Å². The number of hydrogen-bond donors (Lipinski definition) is 0. The summed E-state index contributed by atoms with van der Waals surface area (Å²) in [4.78, 5) is 2.80. The lowest BCUT2D eigenvalue weighted by molar-refractivity contribution is 0.0760. The molecule has 1 unspecified atom stereocenters. The molecular formula is C16H31N. The van der Waals surface area contributed by atoms with Gasteiger partial charge in [0.25, 0.3) is 0 Å². The van der Waals surface area contributed by atoms with Crippen LogP contribution in [-0.2, 0) is 0 Å². The van der Waals surface area contributed by atoms with E-state index in [2.05, 4.69) is 46.4 Å². The molecule has 2 rings (SSSR count). The van der Waals surface area contributed by atoms with Gasteiger partial charge in [-0.25, -0.2) is 0 Å². The molecule has 1 saturated heterocycles. The molecule has 0 amide bonds. The van der Waals surface area contributed by atoms with Gasteiger partial charge >= 0.3 is 0 Å². The van der Waals surface area contributed by atoms with Crippen LogP contribution >= 0.6 is 0 Å². The van der Waals surface area contributed by atoms with Crippen LogP contribution in [0.3, 0.4) is 0 Å². The molecule has 1 heteroatoms. The predicted octanol–water partition coefficient (Wildman–Crippen LogP) is 4.47. The maximum absolute atomic E-state index is 2.80. The van der Waals surface area contributed by atoms with Gasteiger partial charge in [-0.15, -0.1) is 0 Å². The molecule has 1 aliphatic heterocycles. The molecule has 0 aromatic rings. The van der Waals surface area contributed by atoms with Crippen LogP contribution in [0.4, 0.5) is 0 Å². The van der Waals surface area contributed by atoms with Crippen LogP contribution in [0.2, 0.25) is 0 Å². The van der Waals surface area contributed by atoms with Crippen molar-refractivity contribution in [3.63, 3.8) is 0 Å². The first-order valence-corrected chi connectivity index (χ1v) is 7.38. The second-order valence-corrected chi connectivity index (χ2v) is 8.78. The molecule has 17 heavy (non-hydrogen) atoms. The maximum atomic E-state index is 2.80. The van der Waals surface area contributed by atoms with Crippen molar-refractivity contribution < 1.29 is 0 Å². The lowest BCUT2D eigenvalue weighted by atomic mass is 9.67. The second kappa shape index (κ2) is 3.98. The van der Waals surface area contributed by atoms with E-state index >= 15 is 0 Å². The fraction of sp³-hybridized carbons (Fsp3) is 1.00. The minimum absolute atomic E-state index is 0.342. The standard InChI is InChI=1S/C16H31N/c1-14(2,3)10-13-11-16(8-7-9-16)12-17(13)15(4,5)6/h13H,7-12H2,1-6H3. The first-order valence-electron chi connectivity index (χ1n) is 7.38. The van der Waals surface area contributed by atoms with Crippen molar-refractivity contribution in [1.29, 1.82) is 0 Å². The van der Waals surface area contributed by atoms with Gasteiger partial charge in [0, 0.05) is 18.1 Å². The van der Waals surface area contributed by atoms with Crippen molar-refractivity contribution in [3.05, 3.63) is 0 Å². The van der Waals surface area contributed by atoms with Crippen LogP contribution < -0.4 is 0 Å². The zero-order chi connectivity index (χ0) is 12.9. The van der Waals surface area contributed by atoms with Gasteiger partial charge in [0.2, 0.25) is 0 Å². The Morgan fingerprint density at radius 1 is 1.06 bits per heavy atom. The van der Waals surface area contributed by atoms with Crippen LogP contribution in [0.25, 0.3) is 0 Å². The van der Waals surface area contributed by atoms with Crippen LogP contribution in [0.1, 0.15) is 73.6 Å². The molecule has 0 aromatic carbocycles. The van der Waals surface area contributed by atoms with Gasteiger partial charge < -0.3 is 0 Å². The average Bonchev–Trinajstić information content (AvgIpc) is 2.38. The van der Waals surface area contributed by atoms with Crippen molar-refractivity contribution in [2.75, 3.05) is 6.54 Å². The molecule has 0 aromatic heterocycles. The fourth-order valence-corrected chi connectivity index (χ4v) is 3.88. The summed E-state index contributed by atoms with van der Waals surface area (Å²) in [7, 11) is 0. The first kappa shape index (κ1) is 13.4. The van der Waals surface area contributed by atoms with E-state index in [0.717, 1.165) is 6.04 Å². The first-order chi connectivity index (χ1) is 7.61. The van der Waals surface area contributed by atoms with Gasteiger partial charge in [-0.05, 0) is 57.3 Å². The van der Waals surface area contributed by atoms with Crippen molar-refractivity contribution in [3.8, 4) is 0 Å². The molecule has 1 aliphatic carbocycles. The van der Waals surface area contributed by atoms with E-state index in [-0.39, 0.29) is 0 Å². The SMILES string of the molecule is CC(C)(C)CC1CC2(CCC2)CN1C(C)(C)C. The zero-order valence-electron chi connectivity index (χ0n) is 12.8. The Bertz CT molecular complexity index is 275. The summed E-state index contributed by atoms with van der Waals surface area (Å²) in [5, 5.41) is 0. The summed E-state index contributed by atoms with van der Waals surface area (Å²) in [6, 6.07) is 0.815. The van der Waals surface area contributed by atoms with E-state index in [4.69, 9.17) is 0 Å². The third-order valence-electron chi connectivity index (χ3n) is 4.74. The van der Waals surface area contributed by atoms with Crippen LogP contribution in [0, 0.1) is 10.8 Å². The van der Waals surface area contributed by atoms with Crippen LogP contribution in [0.5, 0.6) is 0 Å². The zero-order valence-corrected chi connectivity index (χ0v) is 12.8. The van der Waals surface area contributed by atoms with Gasteiger partial charge in [0.1, 0.15) is 0 Å². The maximum Gasteiger partial charge on any atom is 0.0128 e. The normalized spacial score (nSPS) is 29.6. The summed E-state index contributed by atoms with van der Waals surface area (Å²) in [6.07, 6.45) is 7.26. The van der Waals surface area contributed by atoms with Gasteiger partial charge in [-0.3, -0.25) is 4.90 Å². The Kier molecular flexibility index (Phi) is 3.14. The predicted molar refractivity (Wildman–Crippen MR) is 75.2 cm³/mol. The molecule has 100 valence electrons. The Balaban J connectivity index is 2.11. The molecule has 0 N–H and O–H groups in total. The van der Waals surface area contributed by atoms with Crippen molar-refractivity contribution >= 4 is 0 Å². The molecule has 0 radical (unpaired) electrons. The smallest absolute Gasteiger partial charge is 0.0128 e. The summed E-state index contributed by atoms with van der Waals surface area (Å²) in [5.74, 6) is 0. The minimum Gasteiger partial charge on any atom is -0.295 e. The average molecular weight is 237 g/mol. The Hall–Kier alpha value is -0.0400. The minimum atomic E-state index is 0.342. The molecule has 0 bridgehead atoms. The molecule has 1 saturated carbocycles. The highest BCUT2D eigenvalue weighted by atomic mass is 15.2. The topological polar surface area (TPSA) is 3.24 Å². The molecule has 1 heterocycles. The second-order valence-electron chi connectivity index (χ2n) is 8.78. The molecule has 1 nitrogen and oxygen atoms in total. The summed E-state index contributed by atoms with van der Waals surface area (Å²) >= 11 is 0. The summed E-state index contributed by atoms with van der Waals surface area (Å²) in [6.45, 7) is 15.7. The highest BCUT2D eigenvalue weighted by Crippen LogP contribution is 2.53. The van der Waals surface area contributed by atoms with Gasteiger partial charge in [-0.1, -0.05) is 27.2 Å². The lowest BCUT2D eigenvalue weighted by Crippen LogP contribution is -2.46. The summed E-state index contributed by atoms with van der Waals surface area (Å²) < 4.78 is 0. The van der Waals surface area contributed by atoms with E-state index in [1.54, 1.807) is 0 Å². The summed E-state index contributed by atoms with van der Waals surface area (Å²) in [5.41, 5.74) is 1.52. The fourth-order valence-electron chi connectivity index (χ4n) is 3.88. The molecule has 1 atom stereocenters. The van der Waals surface area contributed by atoms with Crippen LogP contribution in [0.15, 0.2) is 0 Å². The molecular weight excluding hydrogens is 206 g/mol. The molecule has 1 spiro atoms. The Morgan fingerprint density at radius 3 is 2.00 bits per heavy atom. The Morgan fingerprint density at radius 2 is 1.65 bits per heavy atom. The van der Waals surface area contributed by atoms with Crippen molar-refractivity contribution in [2.24, 2.45) is 10.8 Å². The number of nitrogens with zero attached hydrogens (tertiary/aromatic N) is 1. The lowest BCUT2D eigenvalue weighted by Gasteiger charge is -2.41. The van der Waals surface area contributed by atoms with E-state index in [1.165, 1.54) is 38.6 Å². The third-order valence-corrected chi connectivity index (χ3v) is 4.74. The van der Waals surface area contributed by atoms with E-state index in [1.807, 2.05) is 0 Å². The third kappa shape index (κ3) is 2.86. The monoisotopic (exact) mass is 237 g/mol. The van der Waals surface area contributed by atoms with E-state index in [0.29, 0.717) is 16.4 Å². The van der Waals surface area contributed by atoms with Crippen molar-refractivity contribution in [2.45, 2.75) is 85.2 Å². The molecule has 2 fully saturated rings. The highest BCUT2D eigenvalue weighted by molar-refractivity contribution is 5.04. The molecule has 2 aliphatic rings. The van der Waals surface area contributed by atoms with E-state index in [9.17, 15) is 0 Å². The van der Waals surface area contributed by atoms with Crippen molar-refractivity contribution in [1.82, 2.24) is 4.90 Å². The number of rotatable bonds is 1.